The van der Waals surface area contributed by atoms with Gasteiger partial charge in [-0.15, -0.1) is 0 Å². The average Bonchev–Trinajstić information content (AvgIpc) is 2.74. The highest BCUT2D eigenvalue weighted by Crippen LogP contribution is 2.32. The van der Waals surface area contributed by atoms with Crippen LogP contribution in [0, 0.1) is 30.1 Å². The maximum absolute atomic E-state index is 12.7. The molecule has 29 heavy (non-hydrogen) atoms. The van der Waals surface area contributed by atoms with Gasteiger partial charge < -0.3 is 15.4 Å². The second-order valence-electron chi connectivity index (χ2n) is 7.42. The van der Waals surface area contributed by atoms with E-state index in [2.05, 4.69) is 16.7 Å². The molecule has 2 amide bonds. The first-order valence-electron chi connectivity index (χ1n) is 9.76. The zero-order valence-electron chi connectivity index (χ0n) is 16.7. The Bertz CT molecular complexity index is 923. The van der Waals surface area contributed by atoms with Crippen molar-refractivity contribution < 1.29 is 14.3 Å². The number of nitriles is 1. The zero-order valence-corrected chi connectivity index (χ0v) is 16.7. The van der Waals surface area contributed by atoms with E-state index in [-0.39, 0.29) is 23.7 Å². The van der Waals surface area contributed by atoms with Gasteiger partial charge in [0.05, 0.1) is 24.4 Å². The predicted octanol–water partition coefficient (Wildman–Crippen LogP) is 4.26. The smallest absolute Gasteiger partial charge is 0.227 e. The van der Waals surface area contributed by atoms with E-state index in [1.807, 2.05) is 25.1 Å². The Balaban J connectivity index is 1.53. The van der Waals surface area contributed by atoms with E-state index in [1.54, 1.807) is 31.4 Å². The Kier molecular flexibility index (Phi) is 6.50. The van der Waals surface area contributed by atoms with Crippen LogP contribution in [0.2, 0.25) is 0 Å². The Morgan fingerprint density at radius 2 is 1.55 bits per heavy atom. The summed E-state index contributed by atoms with van der Waals surface area (Å²) in [6.07, 6.45) is 2.69. The van der Waals surface area contributed by atoms with Gasteiger partial charge in [-0.1, -0.05) is 6.07 Å². The Morgan fingerprint density at radius 1 is 0.966 bits per heavy atom. The first-order chi connectivity index (χ1) is 14.0. The predicted molar refractivity (Wildman–Crippen MR) is 112 cm³/mol. The molecule has 2 aromatic carbocycles. The number of carbonyl (C=O) groups is 2. The fourth-order valence-corrected chi connectivity index (χ4v) is 3.64. The molecule has 0 aliphatic heterocycles. The lowest BCUT2D eigenvalue weighted by atomic mass is 9.81. The maximum Gasteiger partial charge on any atom is 0.227 e. The maximum atomic E-state index is 12.7. The van der Waals surface area contributed by atoms with Crippen molar-refractivity contribution in [2.75, 3.05) is 17.7 Å². The molecule has 2 N–H and O–H groups in total. The van der Waals surface area contributed by atoms with E-state index in [1.165, 1.54) is 0 Å². The van der Waals surface area contributed by atoms with Gasteiger partial charge in [0.2, 0.25) is 11.8 Å². The number of hydrogen-bond acceptors (Lipinski definition) is 4. The highest BCUT2D eigenvalue weighted by atomic mass is 16.5. The van der Waals surface area contributed by atoms with Crippen LogP contribution in [0.25, 0.3) is 0 Å². The molecule has 0 spiro atoms. The van der Waals surface area contributed by atoms with E-state index < -0.39 is 0 Å². The number of benzene rings is 2. The number of amides is 2. The van der Waals surface area contributed by atoms with Gasteiger partial charge in [0, 0.05) is 17.5 Å². The lowest BCUT2D eigenvalue weighted by Crippen LogP contribution is -2.32. The van der Waals surface area contributed by atoms with Crippen LogP contribution < -0.4 is 15.4 Å². The van der Waals surface area contributed by atoms with Crippen LogP contribution in [0.1, 0.15) is 36.8 Å². The van der Waals surface area contributed by atoms with Crippen LogP contribution in [0.4, 0.5) is 11.4 Å². The molecule has 2 aromatic rings. The summed E-state index contributed by atoms with van der Waals surface area (Å²) < 4.78 is 5.32. The van der Waals surface area contributed by atoms with Crippen molar-refractivity contribution in [3.63, 3.8) is 0 Å². The normalized spacial score (nSPS) is 18.4. The van der Waals surface area contributed by atoms with Crippen molar-refractivity contribution in [2.45, 2.75) is 32.6 Å². The second kappa shape index (κ2) is 9.24. The van der Waals surface area contributed by atoms with Crippen molar-refractivity contribution >= 4 is 23.2 Å². The van der Waals surface area contributed by atoms with Gasteiger partial charge in [0.1, 0.15) is 5.75 Å². The molecule has 3 rings (SSSR count). The molecule has 0 unspecified atom stereocenters. The van der Waals surface area contributed by atoms with Crippen LogP contribution in [-0.2, 0) is 9.59 Å². The van der Waals surface area contributed by atoms with Gasteiger partial charge in [0.15, 0.2) is 0 Å². The third-order valence-electron chi connectivity index (χ3n) is 5.36. The molecule has 0 atom stereocenters. The number of methoxy groups -OCH3 is 1. The van der Waals surface area contributed by atoms with Crippen molar-refractivity contribution in [3.8, 4) is 11.8 Å². The zero-order chi connectivity index (χ0) is 20.8. The van der Waals surface area contributed by atoms with E-state index in [4.69, 9.17) is 10.00 Å². The number of rotatable bonds is 5. The summed E-state index contributed by atoms with van der Waals surface area (Å²) in [6, 6.07) is 14.5. The summed E-state index contributed by atoms with van der Waals surface area (Å²) in [5, 5.41) is 14.7. The molecule has 150 valence electrons. The molecule has 0 aromatic heterocycles. The summed E-state index contributed by atoms with van der Waals surface area (Å²) in [5.74, 6) is 0.357. The molecule has 0 saturated heterocycles. The molecule has 1 saturated carbocycles. The second-order valence-corrected chi connectivity index (χ2v) is 7.42. The van der Waals surface area contributed by atoms with Gasteiger partial charge >= 0.3 is 0 Å². The van der Waals surface area contributed by atoms with E-state index in [0.717, 1.165) is 5.56 Å². The molecule has 6 nitrogen and oxygen atoms in total. The monoisotopic (exact) mass is 391 g/mol. The van der Waals surface area contributed by atoms with Crippen molar-refractivity contribution in [1.82, 2.24) is 0 Å². The largest absolute Gasteiger partial charge is 0.495 e. The number of anilines is 2. The van der Waals surface area contributed by atoms with Crippen LogP contribution in [0.3, 0.4) is 0 Å². The number of carbonyl (C=O) groups excluding carboxylic acids is 2. The molecule has 1 aliphatic carbocycles. The first-order valence-corrected chi connectivity index (χ1v) is 9.76. The summed E-state index contributed by atoms with van der Waals surface area (Å²) in [7, 11) is 1.58. The van der Waals surface area contributed by atoms with Gasteiger partial charge in [0.25, 0.3) is 0 Å². The molecule has 1 aliphatic rings. The van der Waals surface area contributed by atoms with E-state index in [0.29, 0.717) is 48.4 Å². The third-order valence-corrected chi connectivity index (χ3v) is 5.36. The quantitative estimate of drug-likeness (QED) is 0.797. The van der Waals surface area contributed by atoms with Gasteiger partial charge in [-0.05, 0) is 74.6 Å². The molecule has 0 radical (unpaired) electrons. The van der Waals surface area contributed by atoms with E-state index >= 15 is 0 Å². The number of nitrogens with one attached hydrogen (secondary N) is 2. The number of nitrogens with zero attached hydrogens (tertiary/aromatic N) is 1. The van der Waals surface area contributed by atoms with E-state index in [9.17, 15) is 9.59 Å². The average molecular weight is 391 g/mol. The minimum Gasteiger partial charge on any atom is -0.495 e. The Hall–Kier alpha value is -3.33. The standard InChI is InChI=1S/C23H25N3O3/c1-15-3-12-21(29-2)20(13-15)26-23(28)18-8-6-17(7-9-18)22(27)25-19-10-4-16(14-24)5-11-19/h3-5,10-13,17-18H,6-9H2,1-2H3,(H,25,27)(H,26,28). The topological polar surface area (TPSA) is 91.2 Å². The minimum atomic E-state index is -0.112. The lowest BCUT2D eigenvalue weighted by Gasteiger charge is -2.27. The van der Waals surface area contributed by atoms with Gasteiger partial charge in [-0.2, -0.15) is 5.26 Å². The highest BCUT2D eigenvalue weighted by molar-refractivity contribution is 5.95. The van der Waals surface area contributed by atoms with Crippen LogP contribution in [0.15, 0.2) is 42.5 Å². The molecular weight excluding hydrogens is 366 g/mol. The molecule has 0 bridgehead atoms. The summed E-state index contributed by atoms with van der Waals surface area (Å²) >= 11 is 0. The minimum absolute atomic E-state index is 0.0279. The van der Waals surface area contributed by atoms with Crippen LogP contribution in [-0.4, -0.2) is 18.9 Å². The SMILES string of the molecule is COc1ccc(C)cc1NC(=O)C1CCC(C(=O)Nc2ccc(C#N)cc2)CC1. The first kappa shape index (κ1) is 20.4. The molecule has 0 heterocycles. The van der Waals surface area contributed by atoms with Crippen molar-refractivity contribution in [2.24, 2.45) is 11.8 Å². The molecule has 6 heteroatoms. The number of aryl methyl sites for hydroxylation is 1. The Morgan fingerprint density at radius 3 is 2.10 bits per heavy atom. The molecular formula is C23H25N3O3. The number of hydrogen-bond donors (Lipinski definition) is 2. The fourth-order valence-electron chi connectivity index (χ4n) is 3.64. The summed E-state index contributed by atoms with van der Waals surface area (Å²) in [5.41, 5.74) is 2.96. The van der Waals surface area contributed by atoms with Gasteiger partial charge in [-0.3, -0.25) is 9.59 Å². The summed E-state index contributed by atoms with van der Waals surface area (Å²) in [6.45, 7) is 1.97. The lowest BCUT2D eigenvalue weighted by molar-refractivity contribution is -0.125. The summed E-state index contributed by atoms with van der Waals surface area (Å²) in [4.78, 5) is 25.2. The van der Waals surface area contributed by atoms with Crippen molar-refractivity contribution in [3.05, 3.63) is 53.6 Å². The van der Waals surface area contributed by atoms with Crippen LogP contribution in [0.5, 0.6) is 5.75 Å². The highest BCUT2D eigenvalue weighted by Gasteiger charge is 2.30. The van der Waals surface area contributed by atoms with Gasteiger partial charge in [-0.25, -0.2) is 0 Å². The Labute approximate surface area is 170 Å². The molecule has 1 fully saturated rings. The fraction of sp³-hybridized carbons (Fsp3) is 0.348. The number of ether oxygens (including phenoxy) is 1. The van der Waals surface area contributed by atoms with Crippen LogP contribution >= 0.6 is 0 Å². The third kappa shape index (κ3) is 5.14. The van der Waals surface area contributed by atoms with Crippen molar-refractivity contribution in [1.29, 1.82) is 5.26 Å².